The van der Waals surface area contributed by atoms with Crippen molar-refractivity contribution in [3.05, 3.63) is 95.6 Å². The first-order valence-corrected chi connectivity index (χ1v) is 11.3. The molecule has 4 N–H and O–H groups in total. The Hall–Kier alpha value is -4.17. The van der Waals surface area contributed by atoms with Gasteiger partial charge in [0.05, 0.1) is 0 Å². The molecule has 0 saturated heterocycles. The summed E-state index contributed by atoms with van der Waals surface area (Å²) in [6.45, 7) is 0.0375. The van der Waals surface area contributed by atoms with E-state index in [1.807, 2.05) is 48.5 Å². The van der Waals surface area contributed by atoms with Crippen LogP contribution >= 0.6 is 0 Å². The van der Waals surface area contributed by atoms with Crippen molar-refractivity contribution in [1.82, 2.24) is 10.6 Å². The Morgan fingerprint density at radius 3 is 2.03 bits per heavy atom. The van der Waals surface area contributed by atoms with Crippen LogP contribution in [0.1, 0.15) is 35.1 Å². The molecule has 0 bridgehead atoms. The fraction of sp³-hybridized carbons (Fsp3) is 0.222. The summed E-state index contributed by atoms with van der Waals surface area (Å²) in [6.07, 6.45) is -2.49. The Bertz CT molecular complexity index is 1170. The highest BCUT2D eigenvalue weighted by atomic mass is 16.5. The number of hydrogen-bond donors (Lipinski definition) is 4. The monoisotopic (exact) mass is 474 g/mol. The normalized spacial score (nSPS) is 13.7. The minimum absolute atomic E-state index is 0.0675. The highest BCUT2D eigenvalue weighted by molar-refractivity contribution is 5.87. The molecular weight excluding hydrogens is 448 g/mol. The fourth-order valence-corrected chi connectivity index (χ4v) is 4.26. The first-order valence-electron chi connectivity index (χ1n) is 11.3. The van der Waals surface area contributed by atoms with Crippen LogP contribution in [0.4, 0.5) is 4.79 Å². The largest absolute Gasteiger partial charge is 0.479 e. The van der Waals surface area contributed by atoms with Crippen LogP contribution in [0, 0.1) is 0 Å². The summed E-state index contributed by atoms with van der Waals surface area (Å²) in [4.78, 5) is 36.3. The number of carboxylic acid groups (broad SMARTS) is 1. The number of rotatable bonds is 9. The molecule has 0 spiro atoms. The molecule has 4 rings (SSSR count). The molecule has 3 aromatic carbocycles. The van der Waals surface area contributed by atoms with Crippen molar-refractivity contribution < 1.29 is 29.3 Å². The minimum atomic E-state index is -1.58. The highest BCUT2D eigenvalue weighted by Crippen LogP contribution is 2.44. The molecule has 0 saturated carbocycles. The van der Waals surface area contributed by atoms with Gasteiger partial charge in [-0.1, -0.05) is 78.9 Å². The Morgan fingerprint density at radius 1 is 0.857 bits per heavy atom. The smallest absolute Gasteiger partial charge is 0.408 e. The lowest BCUT2D eigenvalue weighted by Gasteiger charge is -2.20. The van der Waals surface area contributed by atoms with Crippen LogP contribution in [0.15, 0.2) is 78.9 Å². The molecule has 3 aromatic rings. The quantitative estimate of drug-likeness (QED) is 0.377. The van der Waals surface area contributed by atoms with E-state index in [4.69, 9.17) is 9.84 Å². The molecule has 8 nitrogen and oxygen atoms in total. The molecule has 0 aliphatic heterocycles. The van der Waals surface area contributed by atoms with E-state index in [1.165, 1.54) is 0 Å². The lowest BCUT2D eigenvalue weighted by Crippen LogP contribution is -2.42. The molecule has 8 heteroatoms. The second-order valence-electron chi connectivity index (χ2n) is 8.25. The molecule has 180 valence electrons. The maximum absolute atomic E-state index is 12.8. The lowest BCUT2D eigenvalue weighted by molar-refractivity contribution is -0.147. The summed E-state index contributed by atoms with van der Waals surface area (Å²) < 4.78 is 5.57. The van der Waals surface area contributed by atoms with E-state index in [0.717, 1.165) is 22.3 Å². The van der Waals surface area contributed by atoms with Crippen molar-refractivity contribution in [1.29, 1.82) is 0 Å². The second-order valence-corrected chi connectivity index (χ2v) is 8.25. The molecule has 0 radical (unpaired) electrons. The van der Waals surface area contributed by atoms with Gasteiger partial charge < -0.3 is 25.6 Å². The molecule has 35 heavy (non-hydrogen) atoms. The van der Waals surface area contributed by atoms with Crippen LogP contribution in [-0.4, -0.2) is 47.4 Å². The van der Waals surface area contributed by atoms with E-state index in [9.17, 15) is 19.5 Å². The standard InChI is InChI=1S/C27H26N2O6/c30-23(26(32)33)14-15-28-25(31)24(17-8-2-1-3-9-17)29-27(34)35-16-22-20-12-6-4-10-18(20)19-11-5-7-13-21(19)22/h1-13,22-24,30H,14-16H2,(H,28,31)(H,29,34)(H,32,33)/t23?,24-/m0/s1. The predicted octanol–water partition coefficient (Wildman–Crippen LogP) is 3.22. The van der Waals surface area contributed by atoms with E-state index < -0.39 is 30.1 Å². The van der Waals surface area contributed by atoms with Gasteiger partial charge in [-0.25, -0.2) is 9.59 Å². The molecule has 1 unspecified atom stereocenters. The third-order valence-electron chi connectivity index (χ3n) is 6.00. The highest BCUT2D eigenvalue weighted by Gasteiger charge is 2.30. The van der Waals surface area contributed by atoms with Gasteiger partial charge in [-0.3, -0.25) is 4.79 Å². The number of benzene rings is 3. The van der Waals surface area contributed by atoms with Crippen molar-refractivity contribution in [2.24, 2.45) is 0 Å². The van der Waals surface area contributed by atoms with Crippen molar-refractivity contribution >= 4 is 18.0 Å². The fourth-order valence-electron chi connectivity index (χ4n) is 4.26. The number of alkyl carbamates (subject to hydrolysis) is 1. The summed E-state index contributed by atoms with van der Waals surface area (Å²) in [6, 6.07) is 23.6. The zero-order chi connectivity index (χ0) is 24.8. The average Bonchev–Trinajstić information content (AvgIpc) is 3.20. The summed E-state index contributed by atoms with van der Waals surface area (Å²) in [5, 5.41) is 23.4. The second kappa shape index (κ2) is 10.8. The van der Waals surface area contributed by atoms with Crippen LogP contribution in [-0.2, 0) is 14.3 Å². The number of carbonyl (C=O) groups is 3. The predicted molar refractivity (Wildman–Crippen MR) is 129 cm³/mol. The summed E-state index contributed by atoms with van der Waals surface area (Å²) >= 11 is 0. The SMILES string of the molecule is O=C(N[C@H](C(=O)NCCC(O)C(=O)O)c1ccccc1)OCC1c2ccccc2-c2ccccc21. The number of aliphatic hydroxyl groups is 1. The van der Waals surface area contributed by atoms with Crippen molar-refractivity contribution in [2.45, 2.75) is 24.5 Å². The molecule has 2 atom stereocenters. The summed E-state index contributed by atoms with van der Waals surface area (Å²) in [7, 11) is 0. The van der Waals surface area contributed by atoms with Crippen LogP contribution < -0.4 is 10.6 Å². The van der Waals surface area contributed by atoms with Crippen LogP contribution in [0.3, 0.4) is 0 Å². The van der Waals surface area contributed by atoms with E-state index in [0.29, 0.717) is 5.56 Å². The maximum atomic E-state index is 12.8. The van der Waals surface area contributed by atoms with Crippen LogP contribution in [0.2, 0.25) is 0 Å². The van der Waals surface area contributed by atoms with Gasteiger partial charge in [-0.2, -0.15) is 0 Å². The number of nitrogens with one attached hydrogen (secondary N) is 2. The van der Waals surface area contributed by atoms with Gasteiger partial charge in [0.2, 0.25) is 5.91 Å². The number of ether oxygens (including phenoxy) is 1. The molecule has 1 aliphatic carbocycles. The summed E-state index contributed by atoms with van der Waals surface area (Å²) in [5.41, 5.74) is 4.92. The third kappa shape index (κ3) is 5.50. The third-order valence-corrected chi connectivity index (χ3v) is 6.00. The van der Waals surface area contributed by atoms with Gasteiger partial charge in [-0.05, 0) is 27.8 Å². The number of carboxylic acids is 1. The number of amides is 2. The Morgan fingerprint density at radius 2 is 1.43 bits per heavy atom. The zero-order valence-corrected chi connectivity index (χ0v) is 18.9. The van der Waals surface area contributed by atoms with Crippen molar-refractivity contribution in [3.8, 4) is 11.1 Å². The van der Waals surface area contributed by atoms with Gasteiger partial charge in [0, 0.05) is 18.9 Å². The number of hydrogen-bond acceptors (Lipinski definition) is 5. The molecule has 0 aromatic heterocycles. The minimum Gasteiger partial charge on any atom is -0.479 e. The van der Waals surface area contributed by atoms with Crippen molar-refractivity contribution in [2.75, 3.05) is 13.2 Å². The maximum Gasteiger partial charge on any atom is 0.408 e. The Balaban J connectivity index is 1.42. The first kappa shape index (κ1) is 24.0. The Labute approximate surface area is 202 Å². The van der Waals surface area contributed by atoms with E-state index in [1.54, 1.807) is 30.3 Å². The van der Waals surface area contributed by atoms with Crippen molar-refractivity contribution in [3.63, 3.8) is 0 Å². The molecule has 0 fully saturated rings. The number of fused-ring (bicyclic) bond motifs is 3. The van der Waals surface area contributed by atoms with Gasteiger partial charge in [0.1, 0.15) is 12.6 Å². The van der Waals surface area contributed by atoms with Crippen LogP contribution in [0.25, 0.3) is 11.1 Å². The summed E-state index contributed by atoms with van der Waals surface area (Å²) in [5.74, 6) is -2.02. The van der Waals surface area contributed by atoms with E-state index >= 15 is 0 Å². The molecule has 2 amide bonds. The number of aliphatic hydroxyl groups excluding tert-OH is 1. The number of aliphatic carboxylic acids is 1. The lowest BCUT2D eigenvalue weighted by atomic mass is 9.98. The average molecular weight is 475 g/mol. The zero-order valence-electron chi connectivity index (χ0n) is 18.9. The molecular formula is C27H26N2O6. The Kier molecular flexibility index (Phi) is 7.42. The van der Waals surface area contributed by atoms with Gasteiger partial charge in [-0.15, -0.1) is 0 Å². The van der Waals surface area contributed by atoms with Gasteiger partial charge >= 0.3 is 12.1 Å². The molecule has 1 aliphatic rings. The first-order chi connectivity index (χ1) is 17.0. The van der Waals surface area contributed by atoms with Gasteiger partial charge in [0.15, 0.2) is 6.10 Å². The molecule has 0 heterocycles. The number of carbonyl (C=O) groups excluding carboxylic acids is 2. The van der Waals surface area contributed by atoms with Gasteiger partial charge in [0.25, 0.3) is 0 Å². The topological polar surface area (TPSA) is 125 Å². The van der Waals surface area contributed by atoms with E-state index in [-0.39, 0.29) is 25.5 Å². The van der Waals surface area contributed by atoms with E-state index in [2.05, 4.69) is 10.6 Å². The van der Waals surface area contributed by atoms with Crippen LogP contribution in [0.5, 0.6) is 0 Å².